The maximum absolute atomic E-state index is 12.6. The molecule has 1 N–H and O–H groups in total. The van der Waals surface area contributed by atoms with Gasteiger partial charge in [0.1, 0.15) is 11.4 Å². The van der Waals surface area contributed by atoms with E-state index in [2.05, 4.69) is 15.1 Å². The van der Waals surface area contributed by atoms with E-state index in [1.54, 1.807) is 13.2 Å². The standard InChI is InChI=1S/C23H30N4O4/c1-13-15-9-8-14-19(23(15,5)12-16(24-6)18(13)28)26-17(27-20(14)30-7)10-11-25-21(29)31-22(2,3)4/h12-13,15H,8-11H2,1-5,7H3,(H,25,29)/t13-,15-,23-/m1/s1. The van der Waals surface area contributed by atoms with Gasteiger partial charge in [-0.2, -0.15) is 4.98 Å². The van der Waals surface area contributed by atoms with Crippen molar-refractivity contribution < 1.29 is 19.1 Å². The van der Waals surface area contributed by atoms with Crippen molar-refractivity contribution in [1.82, 2.24) is 15.3 Å². The number of amides is 1. The molecule has 8 heteroatoms. The number of carbonyl (C=O) groups excluding carboxylic acids is 2. The lowest BCUT2D eigenvalue weighted by atomic mass is 9.58. The Morgan fingerprint density at radius 1 is 1.39 bits per heavy atom. The number of ketones is 1. The number of nitrogens with one attached hydrogen (secondary N) is 1. The van der Waals surface area contributed by atoms with Gasteiger partial charge in [0.15, 0.2) is 5.78 Å². The third-order valence-electron chi connectivity index (χ3n) is 6.04. The molecule has 166 valence electrons. The van der Waals surface area contributed by atoms with E-state index in [9.17, 15) is 9.59 Å². The predicted octanol–water partition coefficient (Wildman–Crippen LogP) is 3.39. The summed E-state index contributed by atoms with van der Waals surface area (Å²) in [4.78, 5) is 37.3. The highest BCUT2D eigenvalue weighted by atomic mass is 16.6. The first-order valence-corrected chi connectivity index (χ1v) is 10.6. The number of carbonyl (C=O) groups is 2. The fraction of sp³-hybridized carbons (Fsp3) is 0.609. The number of Topliss-reactive ketones (excluding diaryl/α,β-unsaturated/α-hetero) is 1. The minimum Gasteiger partial charge on any atom is -0.481 e. The Labute approximate surface area is 183 Å². The van der Waals surface area contributed by atoms with Crippen molar-refractivity contribution in [2.45, 2.75) is 64.9 Å². The van der Waals surface area contributed by atoms with Crippen LogP contribution in [0.5, 0.6) is 5.88 Å². The number of aromatic nitrogens is 2. The number of allylic oxidation sites excluding steroid dienone is 2. The molecular formula is C23H30N4O4. The minimum absolute atomic E-state index is 0.0605. The van der Waals surface area contributed by atoms with E-state index < -0.39 is 17.1 Å². The van der Waals surface area contributed by atoms with Crippen molar-refractivity contribution in [3.05, 3.63) is 40.3 Å². The van der Waals surface area contributed by atoms with Gasteiger partial charge >= 0.3 is 6.09 Å². The van der Waals surface area contributed by atoms with Crippen molar-refractivity contribution >= 4 is 11.9 Å². The van der Waals surface area contributed by atoms with Crippen LogP contribution in [0.25, 0.3) is 4.85 Å². The van der Waals surface area contributed by atoms with Crippen LogP contribution < -0.4 is 10.1 Å². The van der Waals surface area contributed by atoms with Gasteiger partial charge in [-0.3, -0.25) is 0 Å². The summed E-state index contributed by atoms with van der Waals surface area (Å²) in [6.45, 7) is 17.1. The number of ether oxygens (including phenoxy) is 2. The van der Waals surface area contributed by atoms with E-state index in [0.717, 1.165) is 17.7 Å². The van der Waals surface area contributed by atoms with E-state index in [0.29, 0.717) is 31.1 Å². The fourth-order valence-corrected chi connectivity index (χ4v) is 4.63. The quantitative estimate of drug-likeness (QED) is 0.742. The number of methoxy groups -OCH3 is 1. The largest absolute Gasteiger partial charge is 0.481 e. The molecule has 2 aliphatic carbocycles. The molecule has 0 saturated heterocycles. The number of alkyl carbamates (subject to hydrolysis) is 1. The predicted molar refractivity (Wildman–Crippen MR) is 115 cm³/mol. The van der Waals surface area contributed by atoms with Crippen molar-refractivity contribution in [3.63, 3.8) is 0 Å². The summed E-state index contributed by atoms with van der Waals surface area (Å²) in [6, 6.07) is 0. The zero-order chi connectivity index (χ0) is 23.0. The summed E-state index contributed by atoms with van der Waals surface area (Å²) >= 11 is 0. The molecule has 0 fully saturated rings. The van der Waals surface area contributed by atoms with Crippen LogP contribution in [0.15, 0.2) is 11.8 Å². The molecule has 3 atom stereocenters. The highest BCUT2D eigenvalue weighted by Gasteiger charge is 2.49. The van der Waals surface area contributed by atoms with Gasteiger partial charge in [0.2, 0.25) is 11.6 Å². The number of hydrogen-bond donors (Lipinski definition) is 1. The molecule has 1 heterocycles. The topological polar surface area (TPSA) is 94.8 Å². The summed E-state index contributed by atoms with van der Waals surface area (Å²) in [5, 5.41) is 2.72. The first-order chi connectivity index (χ1) is 14.5. The van der Waals surface area contributed by atoms with Crippen molar-refractivity contribution in [2.75, 3.05) is 13.7 Å². The normalized spacial score (nSPS) is 24.9. The molecule has 0 bridgehead atoms. The number of hydrogen-bond acceptors (Lipinski definition) is 6. The van der Waals surface area contributed by atoms with Crippen LogP contribution in [-0.2, 0) is 27.8 Å². The van der Waals surface area contributed by atoms with Gasteiger partial charge in [-0.15, -0.1) is 0 Å². The molecule has 1 aromatic rings. The Morgan fingerprint density at radius 2 is 2.10 bits per heavy atom. The first-order valence-electron chi connectivity index (χ1n) is 10.6. The molecule has 0 unspecified atom stereocenters. The molecule has 2 aliphatic rings. The van der Waals surface area contributed by atoms with Crippen LogP contribution in [0.2, 0.25) is 0 Å². The second-order valence-corrected chi connectivity index (χ2v) is 9.38. The summed E-state index contributed by atoms with van der Waals surface area (Å²) in [6.07, 6.45) is 3.21. The number of nitrogens with zero attached hydrogens (tertiary/aromatic N) is 3. The molecule has 3 rings (SSSR count). The van der Waals surface area contributed by atoms with Crippen molar-refractivity contribution in [1.29, 1.82) is 0 Å². The third kappa shape index (κ3) is 4.41. The Balaban J connectivity index is 1.92. The fourth-order valence-electron chi connectivity index (χ4n) is 4.63. The van der Waals surface area contributed by atoms with Crippen LogP contribution in [0.3, 0.4) is 0 Å². The SMILES string of the molecule is [C-]#[N+]C1=C[C@@]2(C)c3nc(CCNC(=O)OC(C)(C)C)nc(OC)c3CC[C@@H]2[C@@H](C)C1=O. The lowest BCUT2D eigenvalue weighted by Gasteiger charge is -2.45. The number of fused-ring (bicyclic) bond motifs is 3. The average Bonchev–Trinajstić information content (AvgIpc) is 2.69. The second kappa shape index (κ2) is 8.29. The zero-order valence-electron chi connectivity index (χ0n) is 19.0. The van der Waals surface area contributed by atoms with E-state index in [-0.39, 0.29) is 23.3 Å². The Morgan fingerprint density at radius 3 is 2.71 bits per heavy atom. The van der Waals surface area contributed by atoms with E-state index in [1.807, 2.05) is 34.6 Å². The smallest absolute Gasteiger partial charge is 0.407 e. The molecule has 0 aliphatic heterocycles. The second-order valence-electron chi connectivity index (χ2n) is 9.38. The van der Waals surface area contributed by atoms with E-state index >= 15 is 0 Å². The molecule has 1 aromatic heterocycles. The van der Waals surface area contributed by atoms with Crippen LogP contribution in [0.1, 0.15) is 58.1 Å². The average molecular weight is 427 g/mol. The summed E-state index contributed by atoms with van der Waals surface area (Å²) in [5.74, 6) is 0.773. The third-order valence-corrected chi connectivity index (χ3v) is 6.04. The minimum atomic E-state index is -0.568. The molecule has 31 heavy (non-hydrogen) atoms. The maximum atomic E-state index is 12.6. The molecule has 1 amide bonds. The van der Waals surface area contributed by atoms with Gasteiger partial charge in [-0.05, 0) is 39.5 Å². The highest BCUT2D eigenvalue weighted by molar-refractivity contribution is 6.00. The van der Waals surface area contributed by atoms with Gasteiger partial charge in [-0.25, -0.2) is 14.6 Å². The first kappa shape index (κ1) is 22.7. The monoisotopic (exact) mass is 426 g/mol. The lowest BCUT2D eigenvalue weighted by Crippen LogP contribution is -2.46. The maximum Gasteiger partial charge on any atom is 0.407 e. The molecule has 0 aromatic carbocycles. The van der Waals surface area contributed by atoms with Gasteiger partial charge in [0.05, 0.1) is 19.4 Å². The molecule has 0 saturated carbocycles. The Hall–Kier alpha value is -2.95. The lowest BCUT2D eigenvalue weighted by molar-refractivity contribution is -0.121. The molecular weight excluding hydrogens is 396 g/mol. The van der Waals surface area contributed by atoms with Crippen LogP contribution in [-0.4, -0.2) is 41.1 Å². The van der Waals surface area contributed by atoms with Gasteiger partial charge in [0.25, 0.3) is 0 Å². The van der Waals surface area contributed by atoms with Gasteiger partial charge in [0, 0.05) is 29.9 Å². The molecule has 0 spiro atoms. The van der Waals surface area contributed by atoms with E-state index in [4.69, 9.17) is 21.0 Å². The highest BCUT2D eigenvalue weighted by Crippen LogP contribution is 2.50. The molecule has 0 radical (unpaired) electrons. The van der Waals surface area contributed by atoms with Crippen LogP contribution in [0, 0.1) is 18.4 Å². The van der Waals surface area contributed by atoms with Gasteiger partial charge in [-0.1, -0.05) is 19.9 Å². The molecule has 8 nitrogen and oxygen atoms in total. The Bertz CT molecular complexity index is 973. The van der Waals surface area contributed by atoms with Crippen molar-refractivity contribution in [3.8, 4) is 5.88 Å². The van der Waals surface area contributed by atoms with Crippen LogP contribution in [0.4, 0.5) is 4.79 Å². The summed E-state index contributed by atoms with van der Waals surface area (Å²) in [5.41, 5.74) is 0.784. The van der Waals surface area contributed by atoms with Crippen molar-refractivity contribution in [2.24, 2.45) is 11.8 Å². The van der Waals surface area contributed by atoms with Gasteiger partial charge < -0.3 is 19.6 Å². The van der Waals surface area contributed by atoms with Crippen LogP contribution >= 0.6 is 0 Å². The Kier molecular flexibility index (Phi) is 6.08. The number of rotatable bonds is 4. The van der Waals surface area contributed by atoms with E-state index in [1.165, 1.54) is 0 Å². The summed E-state index contributed by atoms with van der Waals surface area (Å²) in [7, 11) is 1.58. The zero-order valence-corrected chi connectivity index (χ0v) is 19.0. The summed E-state index contributed by atoms with van der Waals surface area (Å²) < 4.78 is 10.8.